The molecule has 0 saturated carbocycles. The number of likely N-dealkylation sites (tertiary alicyclic amines) is 1. The van der Waals surface area contributed by atoms with Crippen molar-refractivity contribution >= 4 is 5.91 Å². The molecule has 3 aromatic heterocycles. The SMILES string of the molecule is CCN1CCC[C@H]1CNC(=O)c1cnn(-c2nccc(-c3ccco3)n2)c1C(C)C. The van der Waals surface area contributed by atoms with E-state index < -0.39 is 0 Å². The Hall–Kier alpha value is -3.00. The summed E-state index contributed by atoms with van der Waals surface area (Å²) in [6.07, 6.45) is 7.20. The number of furan rings is 1. The molecule has 1 saturated heterocycles. The van der Waals surface area contributed by atoms with Crippen molar-refractivity contribution in [1.82, 2.24) is 30.0 Å². The minimum atomic E-state index is -0.102. The molecule has 8 nitrogen and oxygen atoms in total. The molecule has 4 heterocycles. The zero-order valence-corrected chi connectivity index (χ0v) is 17.7. The maximum Gasteiger partial charge on any atom is 0.254 e. The van der Waals surface area contributed by atoms with Gasteiger partial charge in [-0.05, 0) is 50.0 Å². The fourth-order valence-corrected chi connectivity index (χ4v) is 4.11. The summed E-state index contributed by atoms with van der Waals surface area (Å²) in [6, 6.07) is 5.86. The number of carbonyl (C=O) groups excluding carboxylic acids is 1. The quantitative estimate of drug-likeness (QED) is 0.645. The minimum Gasteiger partial charge on any atom is -0.463 e. The number of carbonyl (C=O) groups is 1. The third-order valence-corrected chi connectivity index (χ3v) is 5.61. The van der Waals surface area contributed by atoms with E-state index in [9.17, 15) is 4.79 Å². The highest BCUT2D eigenvalue weighted by Crippen LogP contribution is 2.24. The van der Waals surface area contributed by atoms with E-state index in [4.69, 9.17) is 4.42 Å². The third-order valence-electron chi connectivity index (χ3n) is 5.61. The molecule has 1 aliphatic rings. The molecule has 0 spiro atoms. The number of rotatable bonds is 7. The van der Waals surface area contributed by atoms with Crippen molar-refractivity contribution in [2.75, 3.05) is 19.6 Å². The van der Waals surface area contributed by atoms with Crippen LogP contribution >= 0.6 is 0 Å². The predicted octanol–water partition coefficient (Wildman–Crippen LogP) is 3.26. The van der Waals surface area contributed by atoms with Crippen LogP contribution in [0.25, 0.3) is 17.4 Å². The fourth-order valence-electron chi connectivity index (χ4n) is 4.11. The van der Waals surface area contributed by atoms with Gasteiger partial charge in [-0.15, -0.1) is 0 Å². The van der Waals surface area contributed by atoms with E-state index in [1.165, 1.54) is 6.42 Å². The zero-order valence-electron chi connectivity index (χ0n) is 17.7. The van der Waals surface area contributed by atoms with Crippen molar-refractivity contribution in [3.8, 4) is 17.4 Å². The number of hydrogen-bond donors (Lipinski definition) is 1. The highest BCUT2D eigenvalue weighted by Gasteiger charge is 2.26. The number of nitrogens with one attached hydrogen (secondary N) is 1. The summed E-state index contributed by atoms with van der Waals surface area (Å²) in [4.78, 5) is 24.4. The highest BCUT2D eigenvalue weighted by atomic mass is 16.3. The lowest BCUT2D eigenvalue weighted by atomic mass is 10.1. The van der Waals surface area contributed by atoms with Crippen molar-refractivity contribution in [2.24, 2.45) is 0 Å². The van der Waals surface area contributed by atoms with Crippen LogP contribution in [0.1, 0.15) is 55.6 Å². The van der Waals surface area contributed by atoms with Crippen LogP contribution < -0.4 is 5.32 Å². The molecule has 1 atom stereocenters. The molecule has 0 aromatic carbocycles. The highest BCUT2D eigenvalue weighted by molar-refractivity contribution is 5.95. The van der Waals surface area contributed by atoms with Crippen LogP contribution in [-0.4, -0.2) is 56.2 Å². The Bertz CT molecular complexity index is 995. The molecule has 3 aromatic rings. The first kappa shape index (κ1) is 20.3. The Morgan fingerprint density at radius 2 is 2.23 bits per heavy atom. The first-order valence-electron chi connectivity index (χ1n) is 10.6. The lowest BCUT2D eigenvalue weighted by Gasteiger charge is -2.23. The van der Waals surface area contributed by atoms with Gasteiger partial charge in [0, 0.05) is 18.8 Å². The molecular formula is C22H28N6O2. The van der Waals surface area contributed by atoms with Gasteiger partial charge >= 0.3 is 0 Å². The Morgan fingerprint density at radius 1 is 1.37 bits per heavy atom. The number of nitrogens with zero attached hydrogens (tertiary/aromatic N) is 5. The molecule has 4 rings (SSSR count). The summed E-state index contributed by atoms with van der Waals surface area (Å²) >= 11 is 0. The van der Waals surface area contributed by atoms with E-state index in [1.54, 1.807) is 29.4 Å². The van der Waals surface area contributed by atoms with Gasteiger partial charge < -0.3 is 9.73 Å². The van der Waals surface area contributed by atoms with Crippen LogP contribution in [0.15, 0.2) is 41.3 Å². The van der Waals surface area contributed by atoms with Gasteiger partial charge in [-0.25, -0.2) is 14.6 Å². The third kappa shape index (κ3) is 4.00. The first-order valence-corrected chi connectivity index (χ1v) is 10.6. The summed E-state index contributed by atoms with van der Waals surface area (Å²) < 4.78 is 7.09. The Labute approximate surface area is 176 Å². The topological polar surface area (TPSA) is 89.1 Å². The molecule has 0 radical (unpaired) electrons. The van der Waals surface area contributed by atoms with Crippen molar-refractivity contribution in [3.63, 3.8) is 0 Å². The lowest BCUT2D eigenvalue weighted by molar-refractivity contribution is 0.0940. The maximum absolute atomic E-state index is 13.0. The van der Waals surface area contributed by atoms with Crippen LogP contribution in [0.4, 0.5) is 0 Å². The molecular weight excluding hydrogens is 380 g/mol. The molecule has 1 aliphatic heterocycles. The fraction of sp³-hybridized carbons (Fsp3) is 0.455. The molecule has 0 aliphatic carbocycles. The van der Waals surface area contributed by atoms with Crippen LogP contribution in [0.5, 0.6) is 0 Å². The minimum absolute atomic E-state index is 0.0720. The van der Waals surface area contributed by atoms with Gasteiger partial charge in [-0.1, -0.05) is 20.8 Å². The summed E-state index contributed by atoms with van der Waals surface area (Å²) in [5, 5.41) is 7.56. The molecule has 1 fully saturated rings. The second-order valence-corrected chi connectivity index (χ2v) is 7.86. The largest absolute Gasteiger partial charge is 0.463 e. The Morgan fingerprint density at radius 3 is 2.97 bits per heavy atom. The summed E-state index contributed by atoms with van der Waals surface area (Å²) in [5.74, 6) is 1.05. The average molecular weight is 409 g/mol. The monoisotopic (exact) mass is 408 g/mol. The van der Waals surface area contributed by atoms with E-state index in [1.807, 2.05) is 26.0 Å². The van der Waals surface area contributed by atoms with Crippen molar-refractivity contribution in [1.29, 1.82) is 0 Å². The van der Waals surface area contributed by atoms with Crippen molar-refractivity contribution in [2.45, 2.75) is 45.6 Å². The normalized spacial score (nSPS) is 17.0. The molecule has 0 unspecified atom stereocenters. The van der Waals surface area contributed by atoms with Crippen molar-refractivity contribution in [3.05, 3.63) is 48.1 Å². The van der Waals surface area contributed by atoms with Gasteiger partial charge in [0.2, 0.25) is 0 Å². The molecule has 0 bridgehead atoms. The first-order chi connectivity index (χ1) is 14.6. The molecule has 30 heavy (non-hydrogen) atoms. The van der Waals surface area contributed by atoms with Gasteiger partial charge in [-0.2, -0.15) is 5.10 Å². The van der Waals surface area contributed by atoms with Crippen LogP contribution in [0.3, 0.4) is 0 Å². The van der Waals surface area contributed by atoms with E-state index in [-0.39, 0.29) is 11.8 Å². The van der Waals surface area contributed by atoms with Crippen LogP contribution in [0, 0.1) is 0 Å². The van der Waals surface area contributed by atoms with Gasteiger partial charge in [0.1, 0.15) is 5.69 Å². The number of hydrogen-bond acceptors (Lipinski definition) is 6. The summed E-state index contributed by atoms with van der Waals surface area (Å²) in [6.45, 7) is 9.01. The average Bonchev–Trinajstić information content (AvgIpc) is 3.52. The predicted molar refractivity (Wildman–Crippen MR) is 114 cm³/mol. The molecule has 8 heteroatoms. The standard InChI is InChI=1S/C22H28N6O2/c1-4-27-11-5-7-16(27)13-24-21(29)17-14-25-28(20(17)15(2)3)22-23-10-9-18(26-22)19-8-6-12-30-19/h6,8-10,12,14-16H,4-5,7,11,13H2,1-3H3,(H,24,29)/t16-/m0/s1. The Kier molecular flexibility index (Phi) is 5.94. The number of amides is 1. The van der Waals surface area contributed by atoms with E-state index in [0.29, 0.717) is 35.6 Å². The summed E-state index contributed by atoms with van der Waals surface area (Å²) in [7, 11) is 0. The van der Waals surface area contributed by atoms with E-state index >= 15 is 0 Å². The van der Waals surface area contributed by atoms with Gasteiger partial charge in [0.15, 0.2) is 5.76 Å². The van der Waals surface area contributed by atoms with Crippen LogP contribution in [-0.2, 0) is 0 Å². The Balaban J connectivity index is 1.58. The second-order valence-electron chi connectivity index (χ2n) is 7.86. The van der Waals surface area contributed by atoms with Crippen molar-refractivity contribution < 1.29 is 9.21 Å². The second kappa shape index (κ2) is 8.79. The molecule has 1 amide bonds. The van der Waals surface area contributed by atoms with E-state index in [2.05, 4.69) is 32.2 Å². The van der Waals surface area contributed by atoms with Gasteiger partial charge in [0.05, 0.1) is 23.7 Å². The maximum atomic E-state index is 13.0. The lowest BCUT2D eigenvalue weighted by Crippen LogP contribution is -2.40. The van der Waals surface area contributed by atoms with E-state index in [0.717, 1.165) is 25.2 Å². The summed E-state index contributed by atoms with van der Waals surface area (Å²) in [5.41, 5.74) is 2.03. The van der Waals surface area contributed by atoms with Gasteiger partial charge in [-0.3, -0.25) is 9.69 Å². The van der Waals surface area contributed by atoms with Gasteiger partial charge in [0.25, 0.3) is 11.9 Å². The number of likely N-dealkylation sites (N-methyl/N-ethyl adjacent to an activating group) is 1. The molecule has 1 N–H and O–H groups in total. The smallest absolute Gasteiger partial charge is 0.254 e. The number of aromatic nitrogens is 4. The van der Waals surface area contributed by atoms with Crippen LogP contribution in [0.2, 0.25) is 0 Å². The molecule has 158 valence electrons. The zero-order chi connectivity index (χ0) is 21.1.